The first-order valence-corrected chi connectivity index (χ1v) is 32.4. The van der Waals surface area contributed by atoms with E-state index in [-0.39, 0.29) is 0 Å². The van der Waals surface area contributed by atoms with Crippen molar-refractivity contribution < 1.29 is 0 Å². The van der Waals surface area contributed by atoms with E-state index in [0.717, 1.165) is 13.0 Å². The third-order valence-electron chi connectivity index (χ3n) is 11.0. The van der Waals surface area contributed by atoms with E-state index in [9.17, 15) is 0 Å². The Hall–Kier alpha value is 1.64. The van der Waals surface area contributed by atoms with E-state index in [4.69, 9.17) is 0 Å². The minimum Gasteiger partial charge on any atom is -0.371 e. The number of thiol groups is 1. The summed E-state index contributed by atoms with van der Waals surface area (Å²) in [6.45, 7) is 12.2. The van der Waals surface area contributed by atoms with Gasteiger partial charge in [0.25, 0.3) is 0 Å². The van der Waals surface area contributed by atoms with Crippen molar-refractivity contribution in [2.75, 3.05) is 29.6 Å². The lowest BCUT2D eigenvalue weighted by molar-refractivity contribution is 0.563. The van der Waals surface area contributed by atoms with Gasteiger partial charge in [0.2, 0.25) is 0 Å². The van der Waals surface area contributed by atoms with Crippen molar-refractivity contribution in [1.82, 2.24) is 5.32 Å². The van der Waals surface area contributed by atoms with Crippen LogP contribution in [-0.4, -0.2) is 33.9 Å². The molecule has 358 valence electrons. The van der Waals surface area contributed by atoms with Gasteiger partial charge in [-0.3, -0.25) is 0 Å². The van der Waals surface area contributed by atoms with Crippen molar-refractivity contribution in [2.45, 2.75) is 298 Å². The van der Waals surface area contributed by atoms with E-state index in [2.05, 4.69) is 108 Å². The van der Waals surface area contributed by atoms with Gasteiger partial charge >= 0.3 is 0 Å². The minimum atomic E-state index is 0.585. The molecule has 7 heteroatoms. The van der Waals surface area contributed by atoms with Crippen LogP contribution >= 0.6 is 68.0 Å². The maximum atomic E-state index is 4.61. The summed E-state index contributed by atoms with van der Waals surface area (Å²) in [4.78, 5) is 0. The minimum absolute atomic E-state index is 0.585. The van der Waals surface area contributed by atoms with Crippen molar-refractivity contribution in [3.05, 3.63) is 0 Å². The summed E-state index contributed by atoms with van der Waals surface area (Å²) in [5.74, 6) is 5.50. The highest BCUT2D eigenvalue weighted by molar-refractivity contribution is 8.77. The summed E-state index contributed by atoms with van der Waals surface area (Å²) in [5.41, 5.74) is 0. The molecule has 1 N–H and O–H groups in total. The van der Waals surface area contributed by atoms with Crippen LogP contribution in [0, 0.1) is 0 Å². The second kappa shape index (κ2) is 66.2. The second-order valence-corrected chi connectivity index (χ2v) is 23.8. The molecule has 0 spiro atoms. The van der Waals surface area contributed by atoms with Crippen molar-refractivity contribution in [3.63, 3.8) is 0 Å². The lowest BCUT2D eigenvalue weighted by Gasteiger charge is -2.04. The zero-order chi connectivity index (χ0) is 43.6. The van der Waals surface area contributed by atoms with Crippen LogP contribution < -0.4 is 5.32 Å². The largest absolute Gasteiger partial charge is 0.371 e. The van der Waals surface area contributed by atoms with Gasteiger partial charge in [0, 0.05) is 29.6 Å². The van der Waals surface area contributed by atoms with Crippen LogP contribution in [0.15, 0.2) is 0 Å². The topological polar surface area (TPSA) is 12.0 Å². The molecule has 0 fully saturated rings. The van der Waals surface area contributed by atoms with Gasteiger partial charge in [0.05, 0.1) is 0 Å². The SMILES string of the molecule is CCCCCCCCCCCCSSCCCCCCCCCCCC.CCCCCCCCCCCCSSCCCCCCCCCCCC.CCCNC(=S)S. The summed E-state index contributed by atoms with van der Waals surface area (Å²) in [6, 6.07) is 0. The van der Waals surface area contributed by atoms with Crippen molar-refractivity contribution in [3.8, 4) is 0 Å². The fraction of sp³-hybridized carbons (Fsp3) is 0.981. The standard InChI is InChI=1S/2C24H50S2.C4H9NS2/c2*1-3-5-7-9-11-13-15-17-19-21-23-25-26-24-22-20-18-16-14-12-10-8-6-4-2;1-2-3-5-4(6)7/h2*3-24H2,1-2H3;2-3H2,1H3,(H2,5,6,7). The number of hydrogen-bond donors (Lipinski definition) is 2. The van der Waals surface area contributed by atoms with Crippen molar-refractivity contribution in [2.24, 2.45) is 0 Å². The molecule has 0 aromatic heterocycles. The Bertz CT molecular complexity index is 600. The summed E-state index contributed by atoms with van der Waals surface area (Å²) in [5, 5.41) is 2.89. The maximum Gasteiger partial charge on any atom is 0.130 e. The fourth-order valence-corrected chi connectivity index (χ4v) is 11.9. The predicted molar refractivity (Wildman–Crippen MR) is 297 cm³/mol. The average molecular weight is 941 g/mol. The van der Waals surface area contributed by atoms with Gasteiger partial charge in [-0.2, -0.15) is 0 Å². The molecule has 0 aliphatic carbocycles. The van der Waals surface area contributed by atoms with E-state index in [0.29, 0.717) is 4.32 Å². The first-order chi connectivity index (χ1) is 29.1. The Morgan fingerprint density at radius 1 is 0.288 bits per heavy atom. The molecule has 0 aromatic carbocycles. The predicted octanol–water partition coefficient (Wildman–Crippen LogP) is 21.6. The van der Waals surface area contributed by atoms with Gasteiger partial charge in [-0.15, -0.1) is 12.6 Å². The van der Waals surface area contributed by atoms with Crippen LogP contribution in [0.5, 0.6) is 0 Å². The molecular formula is C52H109NS6. The third-order valence-corrected chi connectivity index (χ3v) is 16.5. The Morgan fingerprint density at radius 2 is 0.458 bits per heavy atom. The Balaban J connectivity index is -0.000000913. The molecule has 0 aliphatic heterocycles. The molecule has 0 rings (SSSR count). The van der Waals surface area contributed by atoms with Crippen LogP contribution in [0.3, 0.4) is 0 Å². The summed E-state index contributed by atoms with van der Waals surface area (Å²) >= 11 is 8.47. The molecule has 0 saturated carbocycles. The first kappa shape index (κ1) is 64.9. The van der Waals surface area contributed by atoms with Gasteiger partial charge in [-0.05, 0) is 32.1 Å². The molecular weight excluding hydrogens is 831 g/mol. The zero-order valence-corrected chi connectivity index (χ0v) is 46.0. The number of rotatable bonds is 48. The normalized spacial score (nSPS) is 10.9. The number of thiocarbonyl (C=S) groups is 1. The van der Waals surface area contributed by atoms with Crippen LogP contribution in [-0.2, 0) is 0 Å². The quantitative estimate of drug-likeness (QED) is 0.0271. The zero-order valence-electron chi connectivity index (χ0n) is 41.0. The average Bonchev–Trinajstić information content (AvgIpc) is 3.24. The summed E-state index contributed by atoms with van der Waals surface area (Å²) < 4.78 is 0.585. The van der Waals surface area contributed by atoms with Crippen LogP contribution in [0.1, 0.15) is 298 Å². The second-order valence-electron chi connectivity index (χ2n) is 17.2. The van der Waals surface area contributed by atoms with Gasteiger partial charge in [-0.1, -0.05) is 321 Å². The van der Waals surface area contributed by atoms with Gasteiger partial charge in [0.15, 0.2) is 0 Å². The molecule has 1 nitrogen and oxygen atoms in total. The summed E-state index contributed by atoms with van der Waals surface area (Å²) in [6.07, 6.45) is 59.2. The highest BCUT2D eigenvalue weighted by atomic mass is 33.1. The van der Waals surface area contributed by atoms with E-state index in [1.165, 1.54) is 280 Å². The van der Waals surface area contributed by atoms with Crippen molar-refractivity contribution >= 4 is 72.3 Å². The Kier molecular flexibility index (Phi) is 72.9. The molecule has 0 saturated heterocycles. The molecule has 0 aromatic rings. The van der Waals surface area contributed by atoms with E-state index in [1.54, 1.807) is 0 Å². The molecule has 59 heavy (non-hydrogen) atoms. The smallest absolute Gasteiger partial charge is 0.130 e. The molecule has 0 unspecified atom stereocenters. The third kappa shape index (κ3) is 74.3. The molecule has 0 atom stereocenters. The Morgan fingerprint density at radius 3 is 0.593 bits per heavy atom. The molecule has 0 radical (unpaired) electrons. The molecule has 0 bridgehead atoms. The van der Waals surface area contributed by atoms with Gasteiger partial charge in [-0.25, -0.2) is 0 Å². The molecule has 0 heterocycles. The van der Waals surface area contributed by atoms with Crippen LogP contribution in [0.25, 0.3) is 0 Å². The number of unbranched alkanes of at least 4 members (excludes halogenated alkanes) is 36. The lowest BCUT2D eigenvalue weighted by atomic mass is 10.1. The first-order valence-electron chi connectivity index (χ1n) is 26.6. The number of hydrogen-bond acceptors (Lipinski definition) is 5. The molecule has 0 amide bonds. The van der Waals surface area contributed by atoms with Crippen LogP contribution in [0.2, 0.25) is 0 Å². The maximum absolute atomic E-state index is 4.61. The van der Waals surface area contributed by atoms with E-state index in [1.807, 2.05) is 0 Å². The van der Waals surface area contributed by atoms with Crippen LogP contribution in [0.4, 0.5) is 0 Å². The van der Waals surface area contributed by atoms with E-state index >= 15 is 0 Å². The van der Waals surface area contributed by atoms with E-state index < -0.39 is 0 Å². The monoisotopic (exact) mass is 940 g/mol. The highest BCUT2D eigenvalue weighted by Crippen LogP contribution is 2.26. The van der Waals surface area contributed by atoms with Gasteiger partial charge in [0.1, 0.15) is 4.32 Å². The number of nitrogens with one attached hydrogen (secondary N) is 1. The molecule has 0 aliphatic rings. The summed E-state index contributed by atoms with van der Waals surface area (Å²) in [7, 11) is 8.51. The van der Waals surface area contributed by atoms with Crippen molar-refractivity contribution in [1.29, 1.82) is 0 Å². The lowest BCUT2D eigenvalue weighted by Crippen LogP contribution is -2.16. The fourth-order valence-electron chi connectivity index (χ4n) is 7.06. The Labute approximate surface area is 402 Å². The van der Waals surface area contributed by atoms with Gasteiger partial charge < -0.3 is 5.32 Å². The highest BCUT2D eigenvalue weighted by Gasteiger charge is 1.98.